The lowest BCUT2D eigenvalue weighted by molar-refractivity contribution is -0.386. The predicted octanol–water partition coefficient (Wildman–Crippen LogP) is 3.54. The first-order valence-corrected chi connectivity index (χ1v) is 8.43. The van der Waals surface area contributed by atoms with Crippen LogP contribution in [0.15, 0.2) is 42.5 Å². The van der Waals surface area contributed by atoms with E-state index in [4.69, 9.17) is 4.74 Å². The zero-order valence-electron chi connectivity index (χ0n) is 15.7. The lowest BCUT2D eigenvalue weighted by Gasteiger charge is -2.16. The minimum atomic E-state index is -4.58. The summed E-state index contributed by atoms with van der Waals surface area (Å²) < 4.78 is 43.3. The summed E-state index contributed by atoms with van der Waals surface area (Å²) in [6, 6.07) is 7.09. The molecule has 0 heterocycles. The molecule has 0 radical (unpaired) electrons. The quantitative estimate of drug-likeness (QED) is 0.499. The van der Waals surface area contributed by atoms with Crippen LogP contribution in [-0.4, -0.2) is 23.0 Å². The molecule has 0 aliphatic rings. The lowest BCUT2D eigenvalue weighted by atomic mass is 10.2. The van der Waals surface area contributed by atoms with Gasteiger partial charge in [0.1, 0.15) is 0 Å². The van der Waals surface area contributed by atoms with Gasteiger partial charge in [0.2, 0.25) is 0 Å². The Morgan fingerprint density at radius 1 is 1.13 bits per heavy atom. The summed E-state index contributed by atoms with van der Waals surface area (Å²) in [5.74, 6) is -0.981. The van der Waals surface area contributed by atoms with E-state index in [9.17, 15) is 32.9 Å². The highest BCUT2D eigenvalue weighted by atomic mass is 19.4. The Morgan fingerprint density at radius 3 is 2.47 bits per heavy atom. The van der Waals surface area contributed by atoms with E-state index in [0.29, 0.717) is 5.56 Å². The number of alkyl halides is 3. The third-order valence-corrected chi connectivity index (χ3v) is 3.73. The van der Waals surface area contributed by atoms with Gasteiger partial charge in [-0.1, -0.05) is 12.1 Å². The Hall–Kier alpha value is -3.83. The second-order valence-electron chi connectivity index (χ2n) is 6.14. The molecule has 3 N–H and O–H groups in total. The first kappa shape index (κ1) is 22.5. The average molecular weight is 426 g/mol. The third-order valence-electron chi connectivity index (χ3n) is 3.73. The van der Waals surface area contributed by atoms with E-state index in [1.807, 2.05) is 10.9 Å². The van der Waals surface area contributed by atoms with Crippen LogP contribution in [0.2, 0.25) is 0 Å². The number of nitro benzene ring substituents is 1. The predicted molar refractivity (Wildman–Crippen MR) is 99.7 cm³/mol. The highest BCUT2D eigenvalue weighted by molar-refractivity contribution is 5.91. The molecule has 2 rings (SSSR count). The molecule has 2 aromatic carbocycles. The Kier molecular flexibility index (Phi) is 6.82. The molecular formula is C18H17F3N4O5. The van der Waals surface area contributed by atoms with Crippen LogP contribution in [0.4, 0.5) is 29.3 Å². The molecule has 0 unspecified atom stereocenters. The van der Waals surface area contributed by atoms with E-state index >= 15 is 0 Å². The van der Waals surface area contributed by atoms with Gasteiger partial charge < -0.3 is 10.1 Å². The van der Waals surface area contributed by atoms with Gasteiger partial charge in [-0.25, -0.2) is 10.2 Å². The Balaban J connectivity index is 1.93. The number of hydrogen-bond donors (Lipinski definition) is 3. The van der Waals surface area contributed by atoms with Crippen LogP contribution in [0.25, 0.3) is 0 Å². The molecule has 0 spiro atoms. The molecule has 2 aromatic rings. The highest BCUT2D eigenvalue weighted by Gasteiger charge is 2.30. The van der Waals surface area contributed by atoms with Gasteiger partial charge in [0.25, 0.3) is 5.91 Å². The van der Waals surface area contributed by atoms with Gasteiger partial charge in [0.05, 0.1) is 10.5 Å². The molecule has 0 saturated carbocycles. The number of benzene rings is 2. The van der Waals surface area contributed by atoms with E-state index in [1.54, 1.807) is 13.0 Å². The van der Waals surface area contributed by atoms with Crippen molar-refractivity contribution in [2.24, 2.45) is 0 Å². The summed E-state index contributed by atoms with van der Waals surface area (Å²) in [5.41, 5.74) is 3.17. The molecule has 3 amide bonds. The SMILES string of the molecule is Cc1ccc(O[C@H](C)C(=O)NNC(=O)Nc2cccc(C(F)(F)F)c2)c([N+](=O)[O-])c1. The fourth-order valence-electron chi connectivity index (χ4n) is 2.27. The van der Waals surface area contributed by atoms with E-state index < -0.39 is 34.7 Å². The van der Waals surface area contributed by atoms with Crippen LogP contribution in [0.5, 0.6) is 5.75 Å². The maximum absolute atomic E-state index is 12.7. The molecule has 9 nitrogen and oxygen atoms in total. The van der Waals surface area contributed by atoms with E-state index in [2.05, 4.69) is 5.32 Å². The molecular weight excluding hydrogens is 409 g/mol. The number of nitrogens with zero attached hydrogens (tertiary/aromatic N) is 1. The first-order valence-electron chi connectivity index (χ1n) is 8.43. The maximum Gasteiger partial charge on any atom is 0.416 e. The summed E-state index contributed by atoms with van der Waals surface area (Å²) in [7, 11) is 0. The number of anilines is 1. The summed E-state index contributed by atoms with van der Waals surface area (Å²) in [4.78, 5) is 34.3. The normalized spacial score (nSPS) is 11.9. The number of urea groups is 1. The number of hydrazine groups is 1. The van der Waals surface area contributed by atoms with Crippen molar-refractivity contribution in [1.29, 1.82) is 0 Å². The van der Waals surface area contributed by atoms with Crippen molar-refractivity contribution in [2.75, 3.05) is 5.32 Å². The molecule has 12 heteroatoms. The minimum Gasteiger partial charge on any atom is -0.474 e. The van der Waals surface area contributed by atoms with Gasteiger partial charge in [0, 0.05) is 11.8 Å². The van der Waals surface area contributed by atoms with Gasteiger partial charge in [-0.3, -0.25) is 20.3 Å². The van der Waals surface area contributed by atoms with Crippen LogP contribution in [0.1, 0.15) is 18.1 Å². The molecule has 0 saturated heterocycles. The minimum absolute atomic E-state index is 0.137. The van der Waals surface area contributed by atoms with Crippen LogP contribution in [-0.2, 0) is 11.0 Å². The zero-order valence-corrected chi connectivity index (χ0v) is 15.7. The average Bonchev–Trinajstić information content (AvgIpc) is 2.66. The van der Waals surface area contributed by atoms with Crippen molar-refractivity contribution >= 4 is 23.3 Å². The fourth-order valence-corrected chi connectivity index (χ4v) is 2.27. The molecule has 0 fully saturated rings. The second-order valence-corrected chi connectivity index (χ2v) is 6.14. The van der Waals surface area contributed by atoms with Gasteiger partial charge in [-0.15, -0.1) is 0 Å². The largest absolute Gasteiger partial charge is 0.474 e. The van der Waals surface area contributed by atoms with Gasteiger partial charge in [-0.05, 0) is 43.7 Å². The number of rotatable bonds is 5. The molecule has 30 heavy (non-hydrogen) atoms. The Bertz CT molecular complexity index is 965. The molecule has 0 aliphatic carbocycles. The van der Waals surface area contributed by atoms with E-state index in [1.165, 1.54) is 25.1 Å². The van der Waals surface area contributed by atoms with Gasteiger partial charge in [-0.2, -0.15) is 13.2 Å². The number of carbonyl (C=O) groups is 2. The number of hydrogen-bond acceptors (Lipinski definition) is 5. The Morgan fingerprint density at radius 2 is 1.83 bits per heavy atom. The number of ether oxygens (including phenoxy) is 1. The number of aryl methyl sites for hydroxylation is 1. The topological polar surface area (TPSA) is 123 Å². The standard InChI is InChI=1S/C18H17F3N4O5/c1-10-6-7-15(14(8-10)25(28)29)30-11(2)16(26)23-24-17(27)22-13-5-3-4-12(9-13)18(19,20)21/h3-9,11H,1-2H3,(H,23,26)(H2,22,24,27)/t11-/m1/s1. The monoisotopic (exact) mass is 426 g/mol. The third kappa shape index (κ3) is 6.09. The van der Waals surface area contributed by atoms with Crippen molar-refractivity contribution in [1.82, 2.24) is 10.9 Å². The van der Waals surface area contributed by atoms with Crippen molar-refractivity contribution < 1.29 is 32.4 Å². The Labute approximate surface area is 168 Å². The van der Waals surface area contributed by atoms with Crippen molar-refractivity contribution in [3.63, 3.8) is 0 Å². The first-order chi connectivity index (χ1) is 14.0. The lowest BCUT2D eigenvalue weighted by Crippen LogP contribution is -2.48. The number of nitrogens with one attached hydrogen (secondary N) is 3. The van der Waals surface area contributed by atoms with Crippen molar-refractivity contribution in [3.05, 3.63) is 63.7 Å². The molecule has 160 valence electrons. The molecule has 1 atom stereocenters. The fraction of sp³-hybridized carbons (Fsp3) is 0.222. The highest BCUT2D eigenvalue weighted by Crippen LogP contribution is 2.30. The zero-order chi connectivity index (χ0) is 22.5. The molecule has 0 aliphatic heterocycles. The van der Waals surface area contributed by atoms with Crippen LogP contribution in [0, 0.1) is 17.0 Å². The van der Waals surface area contributed by atoms with Crippen LogP contribution >= 0.6 is 0 Å². The number of nitro groups is 1. The smallest absolute Gasteiger partial charge is 0.416 e. The number of carbonyl (C=O) groups excluding carboxylic acids is 2. The summed E-state index contributed by atoms with van der Waals surface area (Å²) >= 11 is 0. The van der Waals surface area contributed by atoms with Gasteiger partial charge >= 0.3 is 17.9 Å². The summed E-state index contributed by atoms with van der Waals surface area (Å²) in [6.45, 7) is 2.95. The number of amides is 3. The van der Waals surface area contributed by atoms with Crippen molar-refractivity contribution in [2.45, 2.75) is 26.1 Å². The van der Waals surface area contributed by atoms with Crippen molar-refractivity contribution in [3.8, 4) is 5.75 Å². The summed E-state index contributed by atoms with van der Waals surface area (Å²) in [6.07, 6.45) is -5.80. The number of halogens is 3. The molecule has 0 bridgehead atoms. The molecule has 0 aromatic heterocycles. The van der Waals surface area contributed by atoms with E-state index in [-0.39, 0.29) is 17.1 Å². The maximum atomic E-state index is 12.7. The van der Waals surface area contributed by atoms with Crippen LogP contribution < -0.4 is 20.9 Å². The van der Waals surface area contributed by atoms with E-state index in [0.717, 1.165) is 18.2 Å². The van der Waals surface area contributed by atoms with Crippen LogP contribution in [0.3, 0.4) is 0 Å². The second kappa shape index (κ2) is 9.11. The summed E-state index contributed by atoms with van der Waals surface area (Å²) in [5, 5.41) is 13.2. The van der Waals surface area contributed by atoms with Gasteiger partial charge in [0.15, 0.2) is 11.9 Å².